The van der Waals surface area contributed by atoms with Crippen LogP contribution in [0.25, 0.3) is 5.82 Å². The summed E-state index contributed by atoms with van der Waals surface area (Å²) in [6.07, 6.45) is 6.74. The third-order valence-electron chi connectivity index (χ3n) is 3.01. The molecule has 1 N–H and O–H groups in total. The molecule has 2 heterocycles. The van der Waals surface area contributed by atoms with Gasteiger partial charge >= 0.3 is 0 Å². The maximum Gasteiger partial charge on any atom is 0.137 e. The number of nitrogens with one attached hydrogen (secondary N) is 1. The van der Waals surface area contributed by atoms with Gasteiger partial charge in [0.25, 0.3) is 0 Å². The quantitative estimate of drug-likeness (QED) is 0.801. The van der Waals surface area contributed by atoms with Crippen molar-refractivity contribution >= 4 is 5.69 Å². The van der Waals surface area contributed by atoms with Gasteiger partial charge in [0.05, 0.1) is 11.9 Å². The number of nitrogens with zero attached hydrogens (tertiary/aromatic N) is 3. The molecule has 0 saturated heterocycles. The summed E-state index contributed by atoms with van der Waals surface area (Å²) in [4.78, 5) is 8.21. The molecular formula is C15H12F2N4. The number of hydrogen-bond acceptors (Lipinski definition) is 3. The van der Waals surface area contributed by atoms with E-state index >= 15 is 0 Å². The lowest BCUT2D eigenvalue weighted by Gasteiger charge is -2.08. The number of hydrogen-bond donors (Lipinski definition) is 1. The third-order valence-corrected chi connectivity index (χ3v) is 3.01. The van der Waals surface area contributed by atoms with E-state index in [-0.39, 0.29) is 12.1 Å². The molecule has 21 heavy (non-hydrogen) atoms. The van der Waals surface area contributed by atoms with Gasteiger partial charge in [-0.2, -0.15) is 0 Å². The van der Waals surface area contributed by atoms with Crippen LogP contribution in [-0.2, 0) is 6.54 Å². The minimum atomic E-state index is -0.457. The van der Waals surface area contributed by atoms with E-state index in [0.29, 0.717) is 0 Å². The van der Waals surface area contributed by atoms with Gasteiger partial charge in [-0.3, -0.25) is 4.57 Å². The molecule has 0 aliphatic heterocycles. The van der Waals surface area contributed by atoms with E-state index in [1.807, 2.05) is 12.1 Å². The van der Waals surface area contributed by atoms with Crippen LogP contribution < -0.4 is 5.32 Å². The number of aromatic nitrogens is 3. The zero-order chi connectivity index (χ0) is 14.7. The normalized spacial score (nSPS) is 10.6. The fraction of sp³-hybridized carbons (Fsp3) is 0.0667. The van der Waals surface area contributed by atoms with Crippen molar-refractivity contribution in [3.63, 3.8) is 0 Å². The number of rotatable bonds is 4. The Labute approximate surface area is 120 Å². The highest BCUT2D eigenvalue weighted by atomic mass is 19.1. The van der Waals surface area contributed by atoms with E-state index in [2.05, 4.69) is 15.3 Å². The van der Waals surface area contributed by atoms with Gasteiger partial charge in [0.1, 0.15) is 23.8 Å². The number of imidazole rings is 1. The standard InChI is InChI=1S/C15H12F2N4/c16-12-1-3-14(17)11(7-12)8-19-13-2-4-15(20-9-13)21-6-5-18-10-21/h1-7,9-10,19H,8H2. The Kier molecular flexibility index (Phi) is 3.59. The lowest BCUT2D eigenvalue weighted by molar-refractivity contribution is 0.587. The van der Waals surface area contributed by atoms with Crippen LogP contribution in [0.5, 0.6) is 0 Å². The van der Waals surface area contributed by atoms with Gasteiger partial charge in [0.15, 0.2) is 0 Å². The Balaban J connectivity index is 1.70. The summed E-state index contributed by atoms with van der Waals surface area (Å²) in [6, 6.07) is 7.02. The molecule has 0 atom stereocenters. The summed E-state index contributed by atoms with van der Waals surface area (Å²) in [7, 11) is 0. The Bertz CT molecular complexity index is 724. The maximum absolute atomic E-state index is 13.5. The van der Waals surface area contributed by atoms with E-state index < -0.39 is 11.6 Å². The molecule has 0 unspecified atom stereocenters. The SMILES string of the molecule is Fc1ccc(F)c(CNc2ccc(-n3ccnc3)nc2)c1. The monoisotopic (exact) mass is 286 g/mol. The molecule has 0 amide bonds. The van der Waals surface area contributed by atoms with Crippen LogP contribution in [0.4, 0.5) is 14.5 Å². The predicted molar refractivity (Wildman–Crippen MR) is 75.0 cm³/mol. The molecule has 0 bridgehead atoms. The first kappa shape index (κ1) is 13.2. The van der Waals surface area contributed by atoms with Gasteiger partial charge in [0, 0.05) is 24.5 Å². The van der Waals surface area contributed by atoms with E-state index in [0.717, 1.165) is 23.6 Å². The Morgan fingerprint density at radius 3 is 2.76 bits per heavy atom. The molecule has 0 fully saturated rings. The average Bonchev–Trinajstić information content (AvgIpc) is 3.03. The van der Waals surface area contributed by atoms with Crippen molar-refractivity contribution in [1.82, 2.24) is 14.5 Å². The summed E-state index contributed by atoms with van der Waals surface area (Å²) in [6.45, 7) is 0.190. The largest absolute Gasteiger partial charge is 0.380 e. The van der Waals surface area contributed by atoms with E-state index in [4.69, 9.17) is 0 Å². The summed E-state index contributed by atoms with van der Waals surface area (Å²) >= 11 is 0. The van der Waals surface area contributed by atoms with Crippen molar-refractivity contribution in [2.45, 2.75) is 6.54 Å². The first-order chi connectivity index (χ1) is 10.2. The molecule has 6 heteroatoms. The van der Waals surface area contributed by atoms with E-state index in [9.17, 15) is 8.78 Å². The van der Waals surface area contributed by atoms with Crippen LogP contribution >= 0.6 is 0 Å². The second-order valence-electron chi connectivity index (χ2n) is 4.46. The van der Waals surface area contributed by atoms with Crippen LogP contribution in [0.2, 0.25) is 0 Å². The van der Waals surface area contributed by atoms with Crippen molar-refractivity contribution in [3.8, 4) is 5.82 Å². The van der Waals surface area contributed by atoms with Gasteiger partial charge in [-0.25, -0.2) is 18.7 Å². The van der Waals surface area contributed by atoms with Crippen molar-refractivity contribution in [2.75, 3.05) is 5.32 Å². The first-order valence-corrected chi connectivity index (χ1v) is 6.34. The molecule has 3 aromatic rings. The molecule has 3 rings (SSSR count). The van der Waals surface area contributed by atoms with Gasteiger partial charge in [-0.1, -0.05) is 0 Å². The van der Waals surface area contributed by atoms with Gasteiger partial charge in [-0.15, -0.1) is 0 Å². The van der Waals surface area contributed by atoms with E-state index in [1.54, 1.807) is 29.5 Å². The van der Waals surface area contributed by atoms with Gasteiger partial charge in [-0.05, 0) is 30.3 Å². The lowest BCUT2D eigenvalue weighted by Crippen LogP contribution is -2.03. The Morgan fingerprint density at radius 1 is 1.14 bits per heavy atom. The van der Waals surface area contributed by atoms with Gasteiger partial charge < -0.3 is 5.32 Å². The average molecular weight is 286 g/mol. The molecule has 2 aromatic heterocycles. The topological polar surface area (TPSA) is 42.7 Å². The zero-order valence-corrected chi connectivity index (χ0v) is 11.0. The molecule has 1 aromatic carbocycles. The van der Waals surface area contributed by atoms with Crippen molar-refractivity contribution in [3.05, 3.63) is 72.4 Å². The maximum atomic E-state index is 13.5. The number of pyridine rings is 1. The highest BCUT2D eigenvalue weighted by Gasteiger charge is 2.04. The summed E-state index contributed by atoms with van der Waals surface area (Å²) in [5.74, 6) is -0.163. The predicted octanol–water partition coefficient (Wildman–Crippen LogP) is 3.16. The minimum Gasteiger partial charge on any atom is -0.380 e. The van der Waals surface area contributed by atoms with Crippen LogP contribution in [0.1, 0.15) is 5.56 Å². The molecule has 0 saturated carbocycles. The minimum absolute atomic E-state index is 0.190. The second-order valence-corrected chi connectivity index (χ2v) is 4.46. The molecule has 0 radical (unpaired) electrons. The third kappa shape index (κ3) is 3.05. The van der Waals surface area contributed by atoms with Crippen molar-refractivity contribution in [1.29, 1.82) is 0 Å². The Morgan fingerprint density at radius 2 is 2.05 bits per heavy atom. The fourth-order valence-corrected chi connectivity index (χ4v) is 1.91. The summed E-state index contributed by atoms with van der Waals surface area (Å²) in [5.41, 5.74) is 0.996. The zero-order valence-electron chi connectivity index (χ0n) is 11.0. The molecule has 0 aliphatic rings. The molecule has 106 valence electrons. The second kappa shape index (κ2) is 5.70. The van der Waals surface area contributed by atoms with Crippen molar-refractivity contribution < 1.29 is 8.78 Å². The lowest BCUT2D eigenvalue weighted by atomic mass is 10.2. The van der Waals surface area contributed by atoms with Crippen LogP contribution in [0.3, 0.4) is 0 Å². The number of anilines is 1. The summed E-state index contributed by atoms with van der Waals surface area (Å²) < 4.78 is 28.3. The smallest absolute Gasteiger partial charge is 0.137 e. The highest BCUT2D eigenvalue weighted by molar-refractivity contribution is 5.44. The molecule has 4 nitrogen and oxygen atoms in total. The van der Waals surface area contributed by atoms with Crippen LogP contribution in [0.15, 0.2) is 55.2 Å². The molecule has 0 spiro atoms. The fourth-order valence-electron chi connectivity index (χ4n) is 1.91. The van der Waals surface area contributed by atoms with Gasteiger partial charge in [0.2, 0.25) is 0 Å². The van der Waals surface area contributed by atoms with Crippen molar-refractivity contribution in [2.24, 2.45) is 0 Å². The number of benzene rings is 1. The molecule has 0 aliphatic carbocycles. The van der Waals surface area contributed by atoms with Crippen LogP contribution in [0, 0.1) is 11.6 Å². The van der Waals surface area contributed by atoms with E-state index in [1.165, 1.54) is 6.07 Å². The first-order valence-electron chi connectivity index (χ1n) is 6.34. The van der Waals surface area contributed by atoms with Crippen LogP contribution in [-0.4, -0.2) is 14.5 Å². The summed E-state index contributed by atoms with van der Waals surface area (Å²) in [5, 5.41) is 3.01. The highest BCUT2D eigenvalue weighted by Crippen LogP contribution is 2.14. The number of halogens is 2. The molecular weight excluding hydrogens is 274 g/mol. The Hall–Kier alpha value is -2.76.